The Morgan fingerprint density at radius 1 is 1.60 bits per heavy atom. The standard InChI is InChI=1S/C13H15ClFN3OS/c14-11-4-1-5-12(15)10(11)8-17-18-13(20)16-7-9-3-2-6-19-9/h1,4-5,8-9H,2-3,6-7H2,(H2,16,18,20)/b17-8-/t9-/m1/s1. The molecule has 0 amide bonds. The molecular formula is C13H15ClFN3OS. The van der Waals surface area contributed by atoms with E-state index in [1.807, 2.05) is 0 Å². The van der Waals surface area contributed by atoms with Crippen LogP contribution >= 0.6 is 23.8 Å². The molecule has 0 spiro atoms. The van der Waals surface area contributed by atoms with Gasteiger partial charge in [-0.2, -0.15) is 5.10 Å². The van der Waals surface area contributed by atoms with Gasteiger partial charge in [-0.25, -0.2) is 4.39 Å². The first-order chi connectivity index (χ1) is 9.66. The van der Waals surface area contributed by atoms with Crippen LogP contribution in [0, 0.1) is 5.82 Å². The Balaban J connectivity index is 1.79. The van der Waals surface area contributed by atoms with E-state index in [0.717, 1.165) is 19.4 Å². The van der Waals surface area contributed by atoms with Crippen LogP contribution in [0.2, 0.25) is 5.02 Å². The Kier molecular flexibility index (Phi) is 5.70. The Morgan fingerprint density at radius 3 is 3.15 bits per heavy atom. The Labute approximate surface area is 127 Å². The lowest BCUT2D eigenvalue weighted by molar-refractivity contribution is 0.114. The van der Waals surface area contributed by atoms with E-state index < -0.39 is 5.82 Å². The van der Waals surface area contributed by atoms with Gasteiger partial charge in [0, 0.05) is 18.7 Å². The molecule has 2 rings (SSSR count). The van der Waals surface area contributed by atoms with Gasteiger partial charge >= 0.3 is 0 Å². The molecule has 1 saturated heterocycles. The van der Waals surface area contributed by atoms with E-state index >= 15 is 0 Å². The van der Waals surface area contributed by atoms with Crippen molar-refractivity contribution < 1.29 is 9.13 Å². The predicted octanol–water partition coefficient (Wildman–Crippen LogP) is 2.46. The van der Waals surface area contributed by atoms with Crippen LogP contribution in [0.1, 0.15) is 18.4 Å². The highest BCUT2D eigenvalue weighted by Gasteiger charge is 2.15. The van der Waals surface area contributed by atoms with Crippen molar-refractivity contribution in [2.24, 2.45) is 5.10 Å². The Hall–Kier alpha value is -1.24. The topological polar surface area (TPSA) is 45.7 Å². The molecule has 0 radical (unpaired) electrons. The summed E-state index contributed by atoms with van der Waals surface area (Å²) in [7, 11) is 0. The summed E-state index contributed by atoms with van der Waals surface area (Å²) < 4.78 is 18.9. The van der Waals surface area contributed by atoms with E-state index in [0.29, 0.717) is 16.7 Å². The first-order valence-electron chi connectivity index (χ1n) is 6.29. The van der Waals surface area contributed by atoms with Crippen molar-refractivity contribution in [1.82, 2.24) is 10.7 Å². The minimum Gasteiger partial charge on any atom is -0.376 e. The van der Waals surface area contributed by atoms with E-state index in [1.54, 1.807) is 6.07 Å². The third kappa shape index (κ3) is 4.40. The average Bonchev–Trinajstić information content (AvgIpc) is 2.93. The summed E-state index contributed by atoms with van der Waals surface area (Å²) in [6, 6.07) is 4.46. The van der Waals surface area contributed by atoms with Crippen molar-refractivity contribution in [3.8, 4) is 0 Å². The minimum absolute atomic E-state index is 0.194. The molecule has 0 saturated carbocycles. The van der Waals surface area contributed by atoms with Crippen LogP contribution < -0.4 is 10.7 Å². The average molecular weight is 316 g/mol. The lowest BCUT2D eigenvalue weighted by Crippen LogP contribution is -2.37. The van der Waals surface area contributed by atoms with Crippen molar-refractivity contribution >= 4 is 35.1 Å². The van der Waals surface area contributed by atoms with E-state index in [-0.39, 0.29) is 11.7 Å². The number of halogens is 2. The van der Waals surface area contributed by atoms with Gasteiger partial charge in [0.2, 0.25) is 0 Å². The molecule has 0 unspecified atom stereocenters. The van der Waals surface area contributed by atoms with Crippen LogP contribution in [0.3, 0.4) is 0 Å². The van der Waals surface area contributed by atoms with Crippen molar-refractivity contribution in [2.45, 2.75) is 18.9 Å². The molecule has 1 atom stereocenters. The predicted molar refractivity (Wildman–Crippen MR) is 81.7 cm³/mol. The fourth-order valence-corrected chi connectivity index (χ4v) is 2.19. The van der Waals surface area contributed by atoms with Gasteiger partial charge in [-0.3, -0.25) is 5.43 Å². The van der Waals surface area contributed by atoms with Crippen LogP contribution in [0.4, 0.5) is 4.39 Å². The number of hydrogen-bond donors (Lipinski definition) is 2. The van der Waals surface area contributed by atoms with Gasteiger partial charge < -0.3 is 10.1 Å². The summed E-state index contributed by atoms with van der Waals surface area (Å²) in [5, 5.41) is 7.52. The highest BCUT2D eigenvalue weighted by molar-refractivity contribution is 7.80. The largest absolute Gasteiger partial charge is 0.376 e. The van der Waals surface area contributed by atoms with Crippen LogP contribution in [0.25, 0.3) is 0 Å². The molecule has 1 heterocycles. The molecule has 1 aromatic rings. The van der Waals surface area contributed by atoms with Gasteiger partial charge in [0.05, 0.1) is 17.3 Å². The molecule has 108 valence electrons. The summed E-state index contributed by atoms with van der Waals surface area (Å²) in [4.78, 5) is 0. The number of thiocarbonyl (C=S) groups is 1. The number of hydrazone groups is 1. The molecule has 1 aliphatic rings. The number of nitrogens with zero attached hydrogens (tertiary/aromatic N) is 1. The van der Waals surface area contributed by atoms with Crippen LogP contribution in [-0.2, 0) is 4.74 Å². The summed E-state index contributed by atoms with van der Waals surface area (Å²) in [6.45, 7) is 1.44. The molecule has 0 aromatic heterocycles. The molecule has 7 heteroatoms. The molecule has 2 N–H and O–H groups in total. The zero-order valence-electron chi connectivity index (χ0n) is 10.7. The van der Waals surface area contributed by atoms with Crippen molar-refractivity contribution in [3.05, 3.63) is 34.6 Å². The van der Waals surface area contributed by atoms with E-state index in [1.165, 1.54) is 18.3 Å². The normalized spacial score (nSPS) is 18.4. The second-order valence-electron chi connectivity index (χ2n) is 4.35. The minimum atomic E-state index is -0.429. The number of nitrogens with one attached hydrogen (secondary N) is 2. The van der Waals surface area contributed by atoms with Crippen molar-refractivity contribution in [2.75, 3.05) is 13.2 Å². The summed E-state index contributed by atoms with van der Waals surface area (Å²) in [6.07, 6.45) is 3.61. The quantitative estimate of drug-likeness (QED) is 0.509. The molecule has 1 fully saturated rings. The van der Waals surface area contributed by atoms with Gasteiger partial charge in [0.25, 0.3) is 0 Å². The highest BCUT2D eigenvalue weighted by Crippen LogP contribution is 2.16. The number of ether oxygens (including phenoxy) is 1. The molecule has 0 bridgehead atoms. The van der Waals surface area contributed by atoms with E-state index in [2.05, 4.69) is 15.8 Å². The van der Waals surface area contributed by atoms with Gasteiger partial charge in [0.15, 0.2) is 5.11 Å². The fourth-order valence-electron chi connectivity index (χ4n) is 1.84. The molecular weight excluding hydrogens is 301 g/mol. The van der Waals surface area contributed by atoms with Crippen LogP contribution in [-0.4, -0.2) is 30.6 Å². The Bertz CT molecular complexity index is 486. The number of rotatable bonds is 4. The maximum Gasteiger partial charge on any atom is 0.187 e. The summed E-state index contributed by atoms with van der Waals surface area (Å²) in [5.41, 5.74) is 2.84. The monoisotopic (exact) mass is 315 g/mol. The lowest BCUT2D eigenvalue weighted by atomic mass is 10.2. The summed E-state index contributed by atoms with van der Waals surface area (Å²) >= 11 is 10.9. The van der Waals surface area contributed by atoms with Crippen LogP contribution in [0.5, 0.6) is 0 Å². The van der Waals surface area contributed by atoms with Crippen LogP contribution in [0.15, 0.2) is 23.3 Å². The van der Waals surface area contributed by atoms with Crippen molar-refractivity contribution in [3.63, 3.8) is 0 Å². The third-order valence-corrected chi connectivity index (χ3v) is 3.44. The Morgan fingerprint density at radius 2 is 2.45 bits per heavy atom. The number of hydrogen-bond acceptors (Lipinski definition) is 3. The van der Waals surface area contributed by atoms with Crippen molar-refractivity contribution in [1.29, 1.82) is 0 Å². The first kappa shape index (κ1) is 15.2. The second kappa shape index (κ2) is 7.52. The van der Waals surface area contributed by atoms with E-state index in [9.17, 15) is 4.39 Å². The zero-order chi connectivity index (χ0) is 14.4. The molecule has 0 aliphatic carbocycles. The maximum atomic E-state index is 13.5. The SMILES string of the molecule is Fc1cccc(Cl)c1/C=N\NC(=S)NC[C@H]1CCCO1. The molecule has 1 aromatic carbocycles. The first-order valence-corrected chi connectivity index (χ1v) is 7.08. The highest BCUT2D eigenvalue weighted by atomic mass is 35.5. The maximum absolute atomic E-state index is 13.5. The molecule has 20 heavy (non-hydrogen) atoms. The zero-order valence-corrected chi connectivity index (χ0v) is 12.3. The smallest absolute Gasteiger partial charge is 0.187 e. The molecule has 4 nitrogen and oxygen atoms in total. The third-order valence-electron chi connectivity index (χ3n) is 2.87. The van der Waals surface area contributed by atoms with E-state index in [4.69, 9.17) is 28.6 Å². The fraction of sp³-hybridized carbons (Fsp3) is 0.385. The van der Waals surface area contributed by atoms with Gasteiger partial charge in [-0.05, 0) is 37.2 Å². The molecule has 1 aliphatic heterocycles. The van der Waals surface area contributed by atoms with Gasteiger partial charge in [-0.15, -0.1) is 0 Å². The van der Waals surface area contributed by atoms with Gasteiger partial charge in [-0.1, -0.05) is 17.7 Å². The lowest BCUT2D eigenvalue weighted by Gasteiger charge is -2.11. The second-order valence-corrected chi connectivity index (χ2v) is 5.17. The number of benzene rings is 1. The summed E-state index contributed by atoms with van der Waals surface area (Å²) in [5.74, 6) is -0.429. The van der Waals surface area contributed by atoms with Gasteiger partial charge in [0.1, 0.15) is 5.82 Å².